The van der Waals surface area contributed by atoms with E-state index in [0.717, 1.165) is 19.3 Å². The van der Waals surface area contributed by atoms with Crippen LogP contribution in [0.3, 0.4) is 0 Å². The summed E-state index contributed by atoms with van der Waals surface area (Å²) < 4.78 is 0. The Balaban J connectivity index is 2.31. The van der Waals surface area contributed by atoms with Crippen LogP contribution in [0.5, 0.6) is 0 Å². The van der Waals surface area contributed by atoms with Gasteiger partial charge < -0.3 is 0 Å². The van der Waals surface area contributed by atoms with Gasteiger partial charge in [0.1, 0.15) is 0 Å². The van der Waals surface area contributed by atoms with Gasteiger partial charge in [-0.05, 0) is 38.5 Å². The number of allylic oxidation sites excluding steroid dienone is 6. The molecule has 0 nitrogen and oxygen atoms in total. The van der Waals surface area contributed by atoms with Crippen molar-refractivity contribution in [3.63, 3.8) is 0 Å². The van der Waals surface area contributed by atoms with Gasteiger partial charge in [-0.3, -0.25) is 0 Å². The molecule has 0 aromatic heterocycles. The van der Waals surface area contributed by atoms with Crippen LogP contribution < -0.4 is 0 Å². The third kappa shape index (κ3) is 4.95. The minimum Gasteiger partial charge on any atom is -0.0882 e. The predicted octanol–water partition coefficient (Wildman–Crippen LogP) is 3.82. The fourth-order valence-corrected chi connectivity index (χ4v) is 1.18. The highest BCUT2D eigenvalue weighted by molar-refractivity contribution is 4.99. The molecule has 0 N–H and O–H groups in total. The maximum absolute atomic E-state index is 2.34. The highest BCUT2D eigenvalue weighted by Gasteiger charge is 1.84. The summed E-state index contributed by atoms with van der Waals surface area (Å²) >= 11 is 0. The Hall–Kier alpha value is -0.780. The van der Waals surface area contributed by atoms with E-state index in [9.17, 15) is 0 Å². The lowest BCUT2D eigenvalue weighted by Gasteiger charge is -1.93. The summed E-state index contributed by atoms with van der Waals surface area (Å²) in [5.41, 5.74) is 0. The number of hydrogen-bond acceptors (Lipinski definition) is 0. The van der Waals surface area contributed by atoms with Gasteiger partial charge >= 0.3 is 0 Å². The SMILES string of the molecule is [CH]1C/C=C/C/C=C\C/C=C\CC1. The molecule has 12 heavy (non-hydrogen) atoms. The third-order valence-corrected chi connectivity index (χ3v) is 1.88. The highest BCUT2D eigenvalue weighted by atomic mass is 13.9. The molecule has 0 unspecified atom stereocenters. The number of rotatable bonds is 0. The Morgan fingerprint density at radius 2 is 1.08 bits per heavy atom. The lowest BCUT2D eigenvalue weighted by molar-refractivity contribution is 0.928. The van der Waals surface area contributed by atoms with Crippen molar-refractivity contribution in [1.82, 2.24) is 0 Å². The second kappa shape index (κ2) is 6.90. The van der Waals surface area contributed by atoms with E-state index in [4.69, 9.17) is 0 Å². The average Bonchev–Trinajstić information content (AvgIpc) is 2.05. The molecule has 0 fully saturated rings. The average molecular weight is 161 g/mol. The van der Waals surface area contributed by atoms with Gasteiger partial charge in [0.25, 0.3) is 0 Å². The first-order valence-corrected chi connectivity index (χ1v) is 4.77. The molecule has 0 spiro atoms. The summed E-state index contributed by atoms with van der Waals surface area (Å²) in [7, 11) is 0. The molecule has 1 aliphatic rings. The Morgan fingerprint density at radius 3 is 1.83 bits per heavy atom. The Morgan fingerprint density at radius 1 is 0.500 bits per heavy atom. The molecule has 65 valence electrons. The Labute approximate surface area is 75.7 Å². The summed E-state index contributed by atoms with van der Waals surface area (Å²) in [5, 5.41) is 0. The second-order valence-corrected chi connectivity index (χ2v) is 2.99. The standard InChI is InChI=1S/C12H17/c1-2-4-6-8-10-12-11-9-7-5-3-1/h1-2,5-8,11H,3-4,9-10,12H2/b2-1-,7-5+,8-6-. The fourth-order valence-electron chi connectivity index (χ4n) is 1.18. The molecule has 0 heterocycles. The first-order valence-electron chi connectivity index (χ1n) is 4.77. The van der Waals surface area contributed by atoms with E-state index in [1.807, 2.05) is 0 Å². The van der Waals surface area contributed by atoms with E-state index >= 15 is 0 Å². The van der Waals surface area contributed by atoms with Gasteiger partial charge in [-0.1, -0.05) is 36.5 Å². The van der Waals surface area contributed by atoms with Gasteiger partial charge in [0, 0.05) is 0 Å². The van der Waals surface area contributed by atoms with Gasteiger partial charge in [0.15, 0.2) is 0 Å². The molecule has 0 aromatic rings. The first kappa shape index (κ1) is 9.31. The molecular formula is C12H17. The van der Waals surface area contributed by atoms with Crippen molar-refractivity contribution in [2.24, 2.45) is 0 Å². The molecule has 0 saturated carbocycles. The van der Waals surface area contributed by atoms with Crippen molar-refractivity contribution in [2.45, 2.75) is 32.1 Å². The molecule has 0 saturated heterocycles. The molecule has 1 radical (unpaired) electrons. The monoisotopic (exact) mass is 161 g/mol. The predicted molar refractivity (Wildman–Crippen MR) is 54.8 cm³/mol. The molecule has 0 aliphatic heterocycles. The quantitative estimate of drug-likeness (QED) is 0.474. The van der Waals surface area contributed by atoms with Crippen molar-refractivity contribution in [3.05, 3.63) is 42.9 Å². The van der Waals surface area contributed by atoms with Crippen LogP contribution in [0.1, 0.15) is 32.1 Å². The molecular weight excluding hydrogens is 144 g/mol. The van der Waals surface area contributed by atoms with Crippen molar-refractivity contribution in [3.8, 4) is 0 Å². The van der Waals surface area contributed by atoms with E-state index < -0.39 is 0 Å². The minimum atomic E-state index is 1.08. The summed E-state index contributed by atoms with van der Waals surface area (Å²) in [6.45, 7) is 0. The van der Waals surface area contributed by atoms with Crippen molar-refractivity contribution < 1.29 is 0 Å². The van der Waals surface area contributed by atoms with Crippen LogP contribution in [0.25, 0.3) is 0 Å². The molecule has 0 heteroatoms. The van der Waals surface area contributed by atoms with E-state index in [1.165, 1.54) is 12.8 Å². The molecule has 0 amide bonds. The lowest BCUT2D eigenvalue weighted by atomic mass is 10.1. The summed E-state index contributed by atoms with van der Waals surface area (Å²) in [6.07, 6.45) is 21.5. The third-order valence-electron chi connectivity index (χ3n) is 1.88. The van der Waals surface area contributed by atoms with Crippen molar-refractivity contribution in [2.75, 3.05) is 0 Å². The zero-order valence-electron chi connectivity index (χ0n) is 7.58. The molecule has 0 atom stereocenters. The van der Waals surface area contributed by atoms with E-state index in [-0.39, 0.29) is 0 Å². The van der Waals surface area contributed by atoms with Crippen LogP contribution in [0.4, 0.5) is 0 Å². The van der Waals surface area contributed by atoms with Crippen LogP contribution in [0.2, 0.25) is 0 Å². The fraction of sp³-hybridized carbons (Fsp3) is 0.417. The van der Waals surface area contributed by atoms with Crippen LogP contribution >= 0.6 is 0 Å². The molecule has 1 rings (SSSR count). The minimum absolute atomic E-state index is 1.08. The maximum Gasteiger partial charge on any atom is -0.0169 e. The first-order chi connectivity index (χ1) is 6.00. The van der Waals surface area contributed by atoms with Gasteiger partial charge in [0.2, 0.25) is 0 Å². The second-order valence-electron chi connectivity index (χ2n) is 2.99. The normalized spacial score (nSPS) is 28.0. The van der Waals surface area contributed by atoms with Crippen molar-refractivity contribution >= 4 is 0 Å². The van der Waals surface area contributed by atoms with Crippen LogP contribution in [-0.4, -0.2) is 0 Å². The molecule has 0 aromatic carbocycles. The number of hydrogen-bond donors (Lipinski definition) is 0. The summed E-state index contributed by atoms with van der Waals surface area (Å²) in [6, 6.07) is 0. The van der Waals surface area contributed by atoms with Gasteiger partial charge in [-0.15, -0.1) is 0 Å². The highest BCUT2D eigenvalue weighted by Crippen LogP contribution is 2.03. The Bertz CT molecular complexity index is 152. The van der Waals surface area contributed by atoms with Crippen LogP contribution in [0, 0.1) is 6.42 Å². The van der Waals surface area contributed by atoms with Gasteiger partial charge in [-0.2, -0.15) is 0 Å². The molecule has 1 aliphatic carbocycles. The topological polar surface area (TPSA) is 0 Å². The van der Waals surface area contributed by atoms with E-state index in [2.05, 4.69) is 42.9 Å². The zero-order chi connectivity index (χ0) is 8.49. The summed E-state index contributed by atoms with van der Waals surface area (Å²) in [4.78, 5) is 0. The van der Waals surface area contributed by atoms with E-state index in [1.54, 1.807) is 0 Å². The maximum atomic E-state index is 2.34. The largest absolute Gasteiger partial charge is 0.0882 e. The lowest BCUT2D eigenvalue weighted by Crippen LogP contribution is -1.75. The van der Waals surface area contributed by atoms with Crippen LogP contribution in [0.15, 0.2) is 36.5 Å². The van der Waals surface area contributed by atoms with Gasteiger partial charge in [0.05, 0.1) is 0 Å². The summed E-state index contributed by atoms with van der Waals surface area (Å²) in [5.74, 6) is 0. The zero-order valence-corrected chi connectivity index (χ0v) is 7.58. The van der Waals surface area contributed by atoms with Crippen LogP contribution in [-0.2, 0) is 0 Å². The van der Waals surface area contributed by atoms with Crippen molar-refractivity contribution in [1.29, 1.82) is 0 Å². The van der Waals surface area contributed by atoms with Gasteiger partial charge in [-0.25, -0.2) is 0 Å². The Kier molecular flexibility index (Phi) is 5.35. The van der Waals surface area contributed by atoms with E-state index in [0.29, 0.717) is 0 Å². The smallest absolute Gasteiger partial charge is 0.0169 e. The molecule has 0 bridgehead atoms.